The molecular weight excluding hydrogens is 422 g/mol. The van der Waals surface area contributed by atoms with Crippen molar-refractivity contribution >= 4 is 0 Å². The highest BCUT2D eigenvalue weighted by Gasteiger charge is 2.78. The number of phenolic OH excluding ortho intramolecular Hbond substituents is 1. The van der Waals surface area contributed by atoms with Gasteiger partial charge >= 0.3 is 0 Å². The molecule has 0 radical (unpaired) electrons. The molecule has 7 rings (SSSR count). The standard InChI is InChI=1S/C30H45NO3/c1-19-29-14-15-31(18-20-10-11-20)24(16-21-8-7-9-22(32)25(21)29)28(29)12-13-30(19,34-6)23(17-28)27(5,33)26(2,3)4/h7-9,19-20,23-24,32-33H,10-18H2,1-6H3/t19?,23?,24-,27+,28-,29-,30+/m0/s1. The SMILES string of the molecule is CO[C@@]12CC[C@]3(CC1[C@@](C)(O)C(C)(C)C)[C@@H]1Cc4cccc(O)c4[C@]3(CCN1CC1CC1)C2C. The van der Waals surface area contributed by atoms with E-state index in [9.17, 15) is 10.2 Å². The smallest absolute Gasteiger partial charge is 0.119 e. The normalized spacial score (nSPS) is 43.2. The zero-order chi connectivity index (χ0) is 24.3. The lowest BCUT2D eigenvalue weighted by molar-refractivity contribution is -0.308. The van der Waals surface area contributed by atoms with Crippen molar-refractivity contribution in [2.24, 2.45) is 28.6 Å². The molecule has 188 valence electrons. The molecule has 4 saturated carbocycles. The Labute approximate surface area is 206 Å². The van der Waals surface area contributed by atoms with Gasteiger partial charge in [0.15, 0.2) is 0 Å². The van der Waals surface area contributed by atoms with Gasteiger partial charge in [0, 0.05) is 36.6 Å². The number of aromatic hydroxyl groups is 1. The second-order valence-electron chi connectivity index (χ2n) is 13.9. The Bertz CT molecular complexity index is 993. The van der Waals surface area contributed by atoms with Crippen molar-refractivity contribution in [1.82, 2.24) is 4.90 Å². The quantitative estimate of drug-likeness (QED) is 0.632. The summed E-state index contributed by atoms with van der Waals surface area (Å²) in [5, 5.41) is 23.6. The summed E-state index contributed by atoms with van der Waals surface area (Å²) in [7, 11) is 1.88. The van der Waals surface area contributed by atoms with Crippen molar-refractivity contribution in [3.8, 4) is 5.75 Å². The van der Waals surface area contributed by atoms with E-state index in [2.05, 4.69) is 45.6 Å². The summed E-state index contributed by atoms with van der Waals surface area (Å²) in [6.45, 7) is 13.3. The van der Waals surface area contributed by atoms with Gasteiger partial charge in [0.2, 0.25) is 0 Å². The zero-order valence-electron chi connectivity index (χ0n) is 22.2. The Balaban J connectivity index is 1.58. The van der Waals surface area contributed by atoms with Crippen LogP contribution in [0.5, 0.6) is 5.75 Å². The summed E-state index contributed by atoms with van der Waals surface area (Å²) in [5.41, 5.74) is 1.04. The van der Waals surface area contributed by atoms with E-state index in [-0.39, 0.29) is 28.1 Å². The fourth-order valence-corrected chi connectivity index (χ4v) is 9.76. The van der Waals surface area contributed by atoms with Crippen molar-refractivity contribution in [1.29, 1.82) is 0 Å². The Kier molecular flexibility index (Phi) is 4.81. The van der Waals surface area contributed by atoms with E-state index in [1.165, 1.54) is 30.5 Å². The van der Waals surface area contributed by atoms with Gasteiger partial charge in [0.25, 0.3) is 0 Å². The molecule has 2 unspecified atom stereocenters. The van der Waals surface area contributed by atoms with Crippen LogP contribution in [0.4, 0.5) is 0 Å². The summed E-state index contributed by atoms with van der Waals surface area (Å²) in [6, 6.07) is 6.70. The Hall–Kier alpha value is -1.10. The lowest BCUT2D eigenvalue weighted by atomic mass is 9.30. The van der Waals surface area contributed by atoms with Crippen LogP contribution in [0.3, 0.4) is 0 Å². The van der Waals surface area contributed by atoms with E-state index in [4.69, 9.17) is 4.74 Å². The number of hydrogen-bond acceptors (Lipinski definition) is 4. The van der Waals surface area contributed by atoms with E-state index < -0.39 is 11.2 Å². The maximum Gasteiger partial charge on any atom is 0.119 e. The minimum Gasteiger partial charge on any atom is -0.508 e. The molecule has 1 saturated heterocycles. The predicted molar refractivity (Wildman–Crippen MR) is 135 cm³/mol. The third-order valence-electron chi connectivity index (χ3n) is 12.1. The van der Waals surface area contributed by atoms with Crippen LogP contribution < -0.4 is 0 Å². The predicted octanol–water partition coefficient (Wildman–Crippen LogP) is 5.29. The molecule has 5 fully saturated rings. The first-order valence-corrected chi connectivity index (χ1v) is 13.8. The number of piperidine rings is 1. The van der Waals surface area contributed by atoms with Crippen LogP contribution in [-0.2, 0) is 16.6 Å². The van der Waals surface area contributed by atoms with E-state index in [0.29, 0.717) is 11.8 Å². The van der Waals surface area contributed by atoms with Crippen LogP contribution in [0.1, 0.15) is 84.3 Å². The van der Waals surface area contributed by atoms with Gasteiger partial charge in [0.05, 0.1) is 11.2 Å². The summed E-state index contributed by atoms with van der Waals surface area (Å²) in [5.74, 6) is 1.64. The van der Waals surface area contributed by atoms with Crippen LogP contribution in [-0.4, -0.2) is 52.6 Å². The van der Waals surface area contributed by atoms with Gasteiger partial charge in [-0.2, -0.15) is 0 Å². The molecule has 0 aromatic heterocycles. The number of methoxy groups -OCH3 is 1. The molecule has 7 atom stereocenters. The largest absolute Gasteiger partial charge is 0.508 e. The number of benzene rings is 1. The van der Waals surface area contributed by atoms with Crippen LogP contribution in [0.25, 0.3) is 0 Å². The maximum atomic E-state index is 12.2. The number of phenols is 1. The number of likely N-dealkylation sites (tertiary alicyclic amines) is 1. The Morgan fingerprint density at radius 1 is 1.12 bits per heavy atom. The molecule has 1 aromatic rings. The van der Waals surface area contributed by atoms with E-state index >= 15 is 0 Å². The topological polar surface area (TPSA) is 52.9 Å². The van der Waals surface area contributed by atoms with E-state index in [1.807, 2.05) is 19.2 Å². The van der Waals surface area contributed by atoms with Crippen molar-refractivity contribution in [3.63, 3.8) is 0 Å². The average molecular weight is 468 g/mol. The molecule has 2 N–H and O–H groups in total. The van der Waals surface area contributed by atoms with Crippen LogP contribution in [0.15, 0.2) is 18.2 Å². The van der Waals surface area contributed by atoms with Gasteiger partial charge in [-0.15, -0.1) is 0 Å². The molecule has 4 heteroatoms. The molecule has 0 amide bonds. The van der Waals surface area contributed by atoms with Crippen molar-refractivity contribution in [3.05, 3.63) is 29.3 Å². The second kappa shape index (κ2) is 7.01. The van der Waals surface area contributed by atoms with Crippen LogP contribution >= 0.6 is 0 Å². The number of nitrogens with zero attached hydrogens (tertiary/aromatic N) is 1. The minimum absolute atomic E-state index is 0.0611. The average Bonchev–Trinajstić information content (AvgIpc) is 3.59. The maximum absolute atomic E-state index is 12.2. The summed E-state index contributed by atoms with van der Waals surface area (Å²) in [6.07, 6.45) is 7.97. The number of fused-ring (bicyclic) bond motifs is 3. The second-order valence-corrected chi connectivity index (χ2v) is 13.9. The minimum atomic E-state index is -0.846. The highest BCUT2D eigenvalue weighted by Crippen LogP contribution is 2.76. The van der Waals surface area contributed by atoms with Gasteiger partial charge in [0.1, 0.15) is 5.75 Å². The van der Waals surface area contributed by atoms with Crippen molar-refractivity contribution in [2.75, 3.05) is 20.2 Å². The molecule has 1 spiro atoms. The molecule has 4 bridgehead atoms. The van der Waals surface area contributed by atoms with Gasteiger partial charge in [-0.25, -0.2) is 0 Å². The summed E-state index contributed by atoms with van der Waals surface area (Å²) in [4.78, 5) is 2.84. The lowest BCUT2D eigenvalue weighted by Crippen LogP contribution is -2.81. The number of aliphatic hydroxyl groups is 1. The first-order valence-electron chi connectivity index (χ1n) is 13.8. The number of rotatable bonds is 4. The molecule has 34 heavy (non-hydrogen) atoms. The molecule has 1 aliphatic heterocycles. The zero-order valence-corrected chi connectivity index (χ0v) is 22.2. The highest BCUT2D eigenvalue weighted by atomic mass is 16.5. The number of ether oxygens (including phenoxy) is 1. The van der Waals surface area contributed by atoms with Gasteiger partial charge in [-0.3, -0.25) is 4.90 Å². The van der Waals surface area contributed by atoms with Crippen molar-refractivity contribution in [2.45, 2.75) is 102 Å². The van der Waals surface area contributed by atoms with Gasteiger partial charge in [-0.1, -0.05) is 39.8 Å². The molecule has 5 aliphatic carbocycles. The lowest BCUT2D eigenvalue weighted by Gasteiger charge is -2.78. The highest BCUT2D eigenvalue weighted by molar-refractivity contribution is 5.54. The molecule has 4 nitrogen and oxygen atoms in total. The molecule has 1 aromatic carbocycles. The van der Waals surface area contributed by atoms with E-state index in [0.717, 1.165) is 44.6 Å². The Morgan fingerprint density at radius 2 is 1.85 bits per heavy atom. The fourth-order valence-electron chi connectivity index (χ4n) is 9.76. The fraction of sp³-hybridized carbons (Fsp3) is 0.800. The molecule has 6 aliphatic rings. The number of hydrogen-bond donors (Lipinski definition) is 2. The van der Waals surface area contributed by atoms with Crippen molar-refractivity contribution < 1.29 is 14.9 Å². The first-order chi connectivity index (χ1) is 15.9. The summed E-state index contributed by atoms with van der Waals surface area (Å²) < 4.78 is 6.61. The van der Waals surface area contributed by atoms with E-state index in [1.54, 1.807) is 0 Å². The third-order valence-corrected chi connectivity index (χ3v) is 12.1. The monoisotopic (exact) mass is 467 g/mol. The Morgan fingerprint density at radius 3 is 2.50 bits per heavy atom. The first kappa shape index (κ1) is 23.3. The molecule has 1 heterocycles. The third kappa shape index (κ3) is 2.61. The van der Waals surface area contributed by atoms with Gasteiger partial charge in [-0.05, 0) is 92.7 Å². The molecular formula is C30H45NO3. The van der Waals surface area contributed by atoms with Gasteiger partial charge < -0.3 is 14.9 Å². The van der Waals surface area contributed by atoms with Crippen LogP contribution in [0.2, 0.25) is 0 Å². The van der Waals surface area contributed by atoms with Crippen LogP contribution in [0, 0.1) is 28.6 Å². The summed E-state index contributed by atoms with van der Waals surface area (Å²) >= 11 is 0.